The monoisotopic (exact) mass is 408 g/mol. The molecule has 1 aliphatic heterocycles. The minimum absolute atomic E-state index is 0.0644. The quantitative estimate of drug-likeness (QED) is 0.756. The molecule has 0 aromatic heterocycles. The van der Waals surface area contributed by atoms with Gasteiger partial charge in [-0.2, -0.15) is 0 Å². The van der Waals surface area contributed by atoms with Crippen molar-refractivity contribution in [1.82, 2.24) is 10.2 Å². The number of hydrogen-bond acceptors (Lipinski definition) is 3. The molecule has 1 atom stereocenters. The first-order valence-corrected chi connectivity index (χ1v) is 10.7. The van der Waals surface area contributed by atoms with E-state index in [-0.39, 0.29) is 17.9 Å². The molecule has 6 heteroatoms. The number of carbonyl (C=O) groups excluding carboxylic acids is 2. The second-order valence-electron chi connectivity index (χ2n) is 8.02. The molecule has 3 amide bonds. The highest BCUT2D eigenvalue weighted by atomic mass is 16.2. The minimum Gasteiger partial charge on any atom is -0.375 e. The van der Waals surface area contributed by atoms with Gasteiger partial charge in [0.15, 0.2) is 0 Å². The number of nitrogens with zero attached hydrogens (tertiary/aromatic N) is 2. The summed E-state index contributed by atoms with van der Waals surface area (Å²) in [4.78, 5) is 29.1. The summed E-state index contributed by atoms with van der Waals surface area (Å²) in [5, 5.41) is 5.80. The number of amides is 3. The molecule has 0 saturated carbocycles. The molecule has 30 heavy (non-hydrogen) atoms. The molecule has 0 radical (unpaired) electrons. The molecule has 0 bridgehead atoms. The van der Waals surface area contributed by atoms with E-state index in [1.54, 1.807) is 0 Å². The van der Waals surface area contributed by atoms with Crippen molar-refractivity contribution in [1.29, 1.82) is 0 Å². The van der Waals surface area contributed by atoms with E-state index in [1.807, 2.05) is 67.4 Å². The van der Waals surface area contributed by atoms with Crippen LogP contribution >= 0.6 is 0 Å². The number of nitrogens with one attached hydrogen (secondary N) is 2. The van der Waals surface area contributed by atoms with Gasteiger partial charge < -0.3 is 20.4 Å². The lowest BCUT2D eigenvalue weighted by atomic mass is 9.97. The number of aryl methyl sites for hydroxylation is 1. The van der Waals surface area contributed by atoms with E-state index in [4.69, 9.17) is 0 Å². The van der Waals surface area contributed by atoms with Gasteiger partial charge in [-0.15, -0.1) is 0 Å². The van der Waals surface area contributed by atoms with Crippen LogP contribution in [0.1, 0.15) is 35.7 Å². The van der Waals surface area contributed by atoms with Crippen LogP contribution in [0.5, 0.6) is 0 Å². The fourth-order valence-corrected chi connectivity index (χ4v) is 3.69. The maximum Gasteiger partial charge on any atom is 0.319 e. The zero-order chi connectivity index (χ0) is 21.5. The molecule has 2 aromatic rings. The fraction of sp³-hybridized carbons (Fsp3) is 0.417. The number of likely N-dealkylation sites (tertiary alicyclic amines) is 1. The molecule has 3 rings (SSSR count). The Morgan fingerprint density at radius 3 is 2.47 bits per heavy atom. The summed E-state index contributed by atoms with van der Waals surface area (Å²) < 4.78 is 0. The van der Waals surface area contributed by atoms with Crippen LogP contribution in [0.3, 0.4) is 0 Å². The summed E-state index contributed by atoms with van der Waals surface area (Å²) in [6.07, 6.45) is 1.96. The van der Waals surface area contributed by atoms with Gasteiger partial charge in [0.2, 0.25) is 0 Å². The Morgan fingerprint density at radius 2 is 1.80 bits per heavy atom. The first-order valence-electron chi connectivity index (χ1n) is 10.7. The van der Waals surface area contributed by atoms with Crippen molar-refractivity contribution in [2.24, 2.45) is 5.92 Å². The number of urea groups is 1. The molecule has 1 saturated heterocycles. The van der Waals surface area contributed by atoms with E-state index in [0.717, 1.165) is 42.9 Å². The highest BCUT2D eigenvalue weighted by Gasteiger charge is 2.25. The van der Waals surface area contributed by atoms with Crippen LogP contribution in [0.15, 0.2) is 48.5 Å². The highest BCUT2D eigenvalue weighted by molar-refractivity contribution is 5.94. The Morgan fingerprint density at radius 1 is 1.10 bits per heavy atom. The third-order valence-corrected chi connectivity index (χ3v) is 5.70. The lowest BCUT2D eigenvalue weighted by Gasteiger charge is -2.33. The van der Waals surface area contributed by atoms with Crippen molar-refractivity contribution in [3.8, 4) is 0 Å². The van der Waals surface area contributed by atoms with Crippen molar-refractivity contribution in [2.45, 2.75) is 26.7 Å². The Bertz CT molecular complexity index is 849. The van der Waals surface area contributed by atoms with Gasteiger partial charge in [0.25, 0.3) is 5.91 Å². The van der Waals surface area contributed by atoms with Crippen LogP contribution in [0.25, 0.3) is 0 Å². The summed E-state index contributed by atoms with van der Waals surface area (Å²) in [5.41, 5.74) is 3.75. The van der Waals surface area contributed by atoms with E-state index in [0.29, 0.717) is 18.7 Å². The lowest BCUT2D eigenvalue weighted by molar-refractivity contribution is 0.0675. The molecule has 160 valence electrons. The van der Waals surface area contributed by atoms with Gasteiger partial charge in [0.05, 0.1) is 0 Å². The number of carbonyl (C=O) groups is 2. The normalized spacial score (nSPS) is 16.1. The molecular formula is C24H32N4O2. The first-order chi connectivity index (χ1) is 14.5. The zero-order valence-corrected chi connectivity index (χ0v) is 18.1. The summed E-state index contributed by atoms with van der Waals surface area (Å²) in [5.74, 6) is 0.325. The van der Waals surface area contributed by atoms with E-state index in [1.165, 1.54) is 0 Å². The molecule has 1 fully saturated rings. The molecule has 1 heterocycles. The van der Waals surface area contributed by atoms with Crippen molar-refractivity contribution in [2.75, 3.05) is 43.4 Å². The number of benzene rings is 2. The Kier molecular flexibility index (Phi) is 7.33. The molecule has 0 aliphatic carbocycles. The summed E-state index contributed by atoms with van der Waals surface area (Å²) >= 11 is 0. The van der Waals surface area contributed by atoms with Crippen molar-refractivity contribution >= 4 is 23.3 Å². The predicted molar refractivity (Wildman–Crippen MR) is 122 cm³/mol. The second-order valence-corrected chi connectivity index (χ2v) is 8.02. The molecular weight excluding hydrogens is 376 g/mol. The largest absolute Gasteiger partial charge is 0.375 e. The lowest BCUT2D eigenvalue weighted by Crippen LogP contribution is -2.44. The van der Waals surface area contributed by atoms with Gasteiger partial charge in [0.1, 0.15) is 0 Å². The van der Waals surface area contributed by atoms with Crippen LogP contribution in [0.2, 0.25) is 0 Å². The summed E-state index contributed by atoms with van der Waals surface area (Å²) in [7, 11) is 2.04. The van der Waals surface area contributed by atoms with E-state index >= 15 is 0 Å². The smallest absolute Gasteiger partial charge is 0.319 e. The molecule has 6 nitrogen and oxygen atoms in total. The third kappa shape index (κ3) is 5.75. The molecule has 1 unspecified atom stereocenters. The first kappa shape index (κ1) is 21.7. The molecule has 1 aliphatic rings. The Balaban J connectivity index is 1.50. The fourth-order valence-electron chi connectivity index (χ4n) is 3.69. The van der Waals surface area contributed by atoms with Crippen molar-refractivity contribution in [3.63, 3.8) is 0 Å². The average molecular weight is 409 g/mol. The van der Waals surface area contributed by atoms with Crippen molar-refractivity contribution < 1.29 is 9.59 Å². The van der Waals surface area contributed by atoms with Crippen LogP contribution in [0, 0.1) is 12.8 Å². The maximum atomic E-state index is 12.9. The maximum absolute atomic E-state index is 12.9. The topological polar surface area (TPSA) is 64.7 Å². The van der Waals surface area contributed by atoms with E-state index < -0.39 is 0 Å². The van der Waals surface area contributed by atoms with Gasteiger partial charge in [-0.1, -0.05) is 17.7 Å². The number of rotatable bonds is 6. The van der Waals surface area contributed by atoms with Crippen molar-refractivity contribution in [3.05, 3.63) is 59.7 Å². The third-order valence-electron chi connectivity index (χ3n) is 5.70. The molecule has 2 aromatic carbocycles. The number of piperidine rings is 1. The van der Waals surface area contributed by atoms with Crippen LogP contribution in [0.4, 0.5) is 16.2 Å². The van der Waals surface area contributed by atoms with Gasteiger partial charge in [-0.05, 0) is 69.0 Å². The highest BCUT2D eigenvalue weighted by Crippen LogP contribution is 2.20. The Labute approximate surface area is 179 Å². The van der Waals surface area contributed by atoms with Gasteiger partial charge in [0, 0.05) is 50.2 Å². The summed E-state index contributed by atoms with van der Waals surface area (Å²) in [6, 6.07) is 15.3. The minimum atomic E-state index is -0.210. The SMILES string of the molecule is CCN(C)c1ccc(C(=O)N2CCCC(CNC(=O)Nc3ccc(C)cc3)C2)cc1. The molecule has 2 N–H and O–H groups in total. The number of hydrogen-bond donors (Lipinski definition) is 2. The average Bonchev–Trinajstić information content (AvgIpc) is 2.78. The van der Waals surface area contributed by atoms with Gasteiger partial charge in [-0.3, -0.25) is 4.79 Å². The van der Waals surface area contributed by atoms with E-state index in [9.17, 15) is 9.59 Å². The van der Waals surface area contributed by atoms with Gasteiger partial charge in [-0.25, -0.2) is 4.79 Å². The molecule has 0 spiro atoms. The van der Waals surface area contributed by atoms with Crippen LogP contribution in [-0.4, -0.2) is 50.1 Å². The van der Waals surface area contributed by atoms with E-state index in [2.05, 4.69) is 22.5 Å². The second kappa shape index (κ2) is 10.1. The zero-order valence-electron chi connectivity index (χ0n) is 18.1. The standard InChI is InChI=1S/C24H32N4O2/c1-4-27(3)22-13-9-20(10-14-22)23(29)28-15-5-6-19(17-28)16-25-24(30)26-21-11-7-18(2)8-12-21/h7-14,19H,4-6,15-17H2,1-3H3,(H2,25,26,30). The van der Waals surface area contributed by atoms with Crippen LogP contribution in [-0.2, 0) is 0 Å². The van der Waals surface area contributed by atoms with Crippen LogP contribution < -0.4 is 15.5 Å². The predicted octanol–water partition coefficient (Wildman–Crippen LogP) is 4.13. The van der Waals surface area contributed by atoms with Gasteiger partial charge >= 0.3 is 6.03 Å². The summed E-state index contributed by atoms with van der Waals surface area (Å²) in [6.45, 7) is 7.02. The Hall–Kier alpha value is -3.02. The number of anilines is 2.